The van der Waals surface area contributed by atoms with Gasteiger partial charge in [-0.25, -0.2) is 4.98 Å². The van der Waals surface area contributed by atoms with Crippen LogP contribution in [-0.2, 0) is 4.79 Å². The molecule has 0 saturated carbocycles. The fourth-order valence-corrected chi connectivity index (χ4v) is 3.19. The largest absolute Gasteiger partial charge is 0.481 e. The Balaban J connectivity index is 2.08. The lowest BCUT2D eigenvalue weighted by Crippen LogP contribution is -2.38. The summed E-state index contributed by atoms with van der Waals surface area (Å²) in [7, 11) is 3.96. The number of pyridine rings is 1. The van der Waals surface area contributed by atoms with Crippen molar-refractivity contribution in [1.29, 1.82) is 0 Å². The van der Waals surface area contributed by atoms with Crippen LogP contribution in [0.25, 0.3) is 10.8 Å². The standard InChI is InChI=1S/C17H21N3O2/c1-19(2)16-15-12(8-9-18-16)5-3-7-14(15)20-10-4-6-13(11-20)17(21)22/h3,5,7-9,13H,4,6,10-11H2,1-2H3,(H,21,22). The highest BCUT2D eigenvalue weighted by Crippen LogP contribution is 2.35. The predicted octanol–water partition coefficient (Wildman–Crippen LogP) is 2.60. The van der Waals surface area contributed by atoms with E-state index in [-0.39, 0.29) is 5.92 Å². The maximum Gasteiger partial charge on any atom is 0.308 e. The van der Waals surface area contributed by atoms with Gasteiger partial charge in [0, 0.05) is 44.5 Å². The molecule has 1 unspecified atom stereocenters. The number of rotatable bonds is 3. The molecule has 1 atom stereocenters. The summed E-state index contributed by atoms with van der Waals surface area (Å²) >= 11 is 0. The van der Waals surface area contributed by atoms with Crippen LogP contribution in [-0.4, -0.2) is 43.2 Å². The van der Waals surface area contributed by atoms with Crippen LogP contribution in [0.2, 0.25) is 0 Å². The van der Waals surface area contributed by atoms with Crippen molar-refractivity contribution in [2.24, 2.45) is 5.92 Å². The zero-order valence-corrected chi connectivity index (χ0v) is 13.0. The first-order chi connectivity index (χ1) is 10.6. The minimum Gasteiger partial charge on any atom is -0.481 e. The minimum atomic E-state index is -0.698. The molecule has 0 aliphatic carbocycles. The van der Waals surface area contributed by atoms with Crippen molar-refractivity contribution < 1.29 is 9.90 Å². The molecule has 0 radical (unpaired) electrons. The molecule has 1 N–H and O–H groups in total. The third-order valence-corrected chi connectivity index (χ3v) is 4.28. The van der Waals surface area contributed by atoms with Gasteiger partial charge in [-0.3, -0.25) is 4.79 Å². The molecule has 22 heavy (non-hydrogen) atoms. The maximum absolute atomic E-state index is 11.3. The van der Waals surface area contributed by atoms with Gasteiger partial charge >= 0.3 is 5.97 Å². The van der Waals surface area contributed by atoms with Gasteiger partial charge in [0.15, 0.2) is 0 Å². The Labute approximate surface area is 130 Å². The summed E-state index contributed by atoms with van der Waals surface area (Å²) in [4.78, 5) is 20.0. The quantitative estimate of drug-likeness (QED) is 0.944. The van der Waals surface area contributed by atoms with Crippen LogP contribution in [0.15, 0.2) is 30.5 Å². The smallest absolute Gasteiger partial charge is 0.308 e. The second-order valence-corrected chi connectivity index (χ2v) is 6.03. The number of nitrogens with zero attached hydrogens (tertiary/aromatic N) is 3. The van der Waals surface area contributed by atoms with Gasteiger partial charge in [-0.15, -0.1) is 0 Å². The second-order valence-electron chi connectivity index (χ2n) is 6.03. The molecule has 1 saturated heterocycles. The molecule has 1 aliphatic rings. The number of aromatic nitrogens is 1. The topological polar surface area (TPSA) is 56.7 Å². The van der Waals surface area contributed by atoms with Gasteiger partial charge in [-0.2, -0.15) is 0 Å². The summed E-state index contributed by atoms with van der Waals surface area (Å²) < 4.78 is 0. The number of hydrogen-bond acceptors (Lipinski definition) is 4. The van der Waals surface area contributed by atoms with Crippen molar-refractivity contribution in [3.05, 3.63) is 30.5 Å². The first kappa shape index (κ1) is 14.6. The van der Waals surface area contributed by atoms with Crippen LogP contribution in [0, 0.1) is 5.92 Å². The summed E-state index contributed by atoms with van der Waals surface area (Å²) in [5, 5.41) is 11.5. The molecular formula is C17H21N3O2. The minimum absolute atomic E-state index is 0.288. The molecule has 3 rings (SSSR count). The highest BCUT2D eigenvalue weighted by Gasteiger charge is 2.26. The molecular weight excluding hydrogens is 278 g/mol. The molecule has 5 heteroatoms. The van der Waals surface area contributed by atoms with E-state index in [4.69, 9.17) is 0 Å². The Morgan fingerprint density at radius 1 is 1.36 bits per heavy atom. The molecule has 0 amide bonds. The third-order valence-electron chi connectivity index (χ3n) is 4.28. The molecule has 1 fully saturated rings. The van der Waals surface area contributed by atoms with Crippen LogP contribution in [0.5, 0.6) is 0 Å². The molecule has 1 aromatic carbocycles. The van der Waals surface area contributed by atoms with E-state index in [1.165, 1.54) is 0 Å². The van der Waals surface area contributed by atoms with E-state index in [0.29, 0.717) is 6.54 Å². The normalized spacial score (nSPS) is 18.5. The van der Waals surface area contributed by atoms with Crippen molar-refractivity contribution in [3.63, 3.8) is 0 Å². The average molecular weight is 299 g/mol. The molecule has 116 valence electrons. The highest BCUT2D eigenvalue weighted by atomic mass is 16.4. The number of anilines is 2. The zero-order valence-electron chi connectivity index (χ0n) is 13.0. The van der Waals surface area contributed by atoms with E-state index in [1.54, 1.807) is 0 Å². The Hall–Kier alpha value is -2.30. The summed E-state index contributed by atoms with van der Waals surface area (Å²) in [6.07, 6.45) is 3.48. The Kier molecular flexibility index (Phi) is 3.88. The van der Waals surface area contributed by atoms with Crippen LogP contribution < -0.4 is 9.80 Å². The molecule has 5 nitrogen and oxygen atoms in total. The Bertz CT molecular complexity index is 694. The number of carbonyl (C=O) groups is 1. The molecule has 2 heterocycles. The van der Waals surface area contributed by atoms with Crippen LogP contribution in [0.1, 0.15) is 12.8 Å². The first-order valence-corrected chi connectivity index (χ1v) is 7.60. The molecule has 0 bridgehead atoms. The van der Waals surface area contributed by atoms with Gasteiger partial charge < -0.3 is 14.9 Å². The van der Waals surface area contributed by atoms with E-state index < -0.39 is 5.97 Å². The van der Waals surface area contributed by atoms with Crippen molar-refractivity contribution in [2.45, 2.75) is 12.8 Å². The Morgan fingerprint density at radius 3 is 2.91 bits per heavy atom. The summed E-state index contributed by atoms with van der Waals surface area (Å²) in [5.41, 5.74) is 1.08. The van der Waals surface area contributed by atoms with Gasteiger partial charge in [-0.1, -0.05) is 12.1 Å². The Morgan fingerprint density at radius 2 is 2.18 bits per heavy atom. The lowest BCUT2D eigenvalue weighted by Gasteiger charge is -2.34. The van der Waals surface area contributed by atoms with Gasteiger partial charge in [0.05, 0.1) is 5.92 Å². The van der Waals surface area contributed by atoms with Crippen molar-refractivity contribution in [1.82, 2.24) is 4.98 Å². The number of hydrogen-bond donors (Lipinski definition) is 1. The average Bonchev–Trinajstić information content (AvgIpc) is 2.53. The monoisotopic (exact) mass is 299 g/mol. The van der Waals surface area contributed by atoms with E-state index in [9.17, 15) is 9.90 Å². The van der Waals surface area contributed by atoms with E-state index in [1.807, 2.05) is 37.3 Å². The summed E-state index contributed by atoms with van der Waals surface area (Å²) in [6.45, 7) is 1.46. The lowest BCUT2D eigenvalue weighted by atomic mass is 9.97. The van der Waals surface area contributed by atoms with Crippen LogP contribution in [0.4, 0.5) is 11.5 Å². The van der Waals surface area contributed by atoms with E-state index in [2.05, 4.69) is 22.0 Å². The summed E-state index contributed by atoms with van der Waals surface area (Å²) in [6, 6.07) is 8.18. The van der Waals surface area contributed by atoms with Crippen molar-refractivity contribution in [2.75, 3.05) is 37.0 Å². The van der Waals surface area contributed by atoms with Gasteiger partial charge in [-0.05, 0) is 30.4 Å². The zero-order chi connectivity index (χ0) is 15.7. The number of fused-ring (bicyclic) bond motifs is 1. The first-order valence-electron chi connectivity index (χ1n) is 7.60. The van der Waals surface area contributed by atoms with Crippen LogP contribution in [0.3, 0.4) is 0 Å². The van der Waals surface area contributed by atoms with Gasteiger partial charge in [0.1, 0.15) is 5.82 Å². The van der Waals surface area contributed by atoms with E-state index in [0.717, 1.165) is 41.7 Å². The third kappa shape index (κ3) is 2.58. The SMILES string of the molecule is CN(C)c1nccc2cccc(N3CCCC(C(=O)O)C3)c12. The fourth-order valence-electron chi connectivity index (χ4n) is 3.19. The highest BCUT2D eigenvalue weighted by molar-refractivity contribution is 6.02. The molecule has 0 spiro atoms. The fraction of sp³-hybridized carbons (Fsp3) is 0.412. The van der Waals surface area contributed by atoms with Crippen molar-refractivity contribution in [3.8, 4) is 0 Å². The number of carboxylic acids is 1. The number of piperidine rings is 1. The number of aliphatic carboxylic acids is 1. The molecule has 2 aromatic rings. The lowest BCUT2D eigenvalue weighted by molar-refractivity contribution is -0.141. The number of benzene rings is 1. The number of carboxylic acid groups (broad SMARTS) is 1. The second kappa shape index (κ2) is 5.83. The maximum atomic E-state index is 11.3. The van der Waals surface area contributed by atoms with Crippen LogP contribution >= 0.6 is 0 Å². The predicted molar refractivity (Wildman–Crippen MR) is 88.6 cm³/mol. The molecule has 1 aromatic heterocycles. The van der Waals surface area contributed by atoms with Gasteiger partial charge in [0.2, 0.25) is 0 Å². The van der Waals surface area contributed by atoms with Crippen molar-refractivity contribution >= 4 is 28.2 Å². The van der Waals surface area contributed by atoms with E-state index >= 15 is 0 Å². The molecule has 1 aliphatic heterocycles. The van der Waals surface area contributed by atoms with Gasteiger partial charge in [0.25, 0.3) is 0 Å². The summed E-state index contributed by atoms with van der Waals surface area (Å²) in [5.74, 6) is -0.0649.